The highest BCUT2D eigenvalue weighted by atomic mass is 16.5. The standard InChI is InChI=1S/C21H33N5O2/c1-7-22-21(24-13-20-23-10-11-26(20)14-16(2)3)25(4)15-17-8-9-18(27-5)12-19(17)28-6/h8-12,16H,7,13-15H2,1-6H3,(H,22,24). The molecule has 7 heteroatoms. The van der Waals surface area contributed by atoms with Gasteiger partial charge in [-0.1, -0.05) is 13.8 Å². The van der Waals surface area contributed by atoms with Gasteiger partial charge in [0.1, 0.15) is 23.9 Å². The maximum atomic E-state index is 5.52. The highest BCUT2D eigenvalue weighted by Crippen LogP contribution is 2.25. The predicted molar refractivity (Wildman–Crippen MR) is 113 cm³/mol. The third-order valence-corrected chi connectivity index (χ3v) is 4.33. The molecule has 0 aliphatic carbocycles. The zero-order valence-corrected chi connectivity index (χ0v) is 17.9. The van der Waals surface area contributed by atoms with Crippen molar-refractivity contribution < 1.29 is 9.47 Å². The molecule has 1 N–H and O–H groups in total. The Morgan fingerprint density at radius 2 is 2.07 bits per heavy atom. The molecule has 0 saturated carbocycles. The average molecular weight is 388 g/mol. The lowest BCUT2D eigenvalue weighted by Crippen LogP contribution is -2.38. The van der Waals surface area contributed by atoms with E-state index in [0.717, 1.165) is 41.9 Å². The zero-order chi connectivity index (χ0) is 20.5. The van der Waals surface area contributed by atoms with Crippen LogP contribution in [0.15, 0.2) is 35.6 Å². The summed E-state index contributed by atoms with van der Waals surface area (Å²) >= 11 is 0. The maximum absolute atomic E-state index is 5.52. The van der Waals surface area contributed by atoms with Gasteiger partial charge in [0.2, 0.25) is 0 Å². The van der Waals surface area contributed by atoms with Gasteiger partial charge in [0.05, 0.1) is 14.2 Å². The van der Waals surface area contributed by atoms with Gasteiger partial charge >= 0.3 is 0 Å². The highest BCUT2D eigenvalue weighted by molar-refractivity contribution is 5.79. The van der Waals surface area contributed by atoms with E-state index in [9.17, 15) is 0 Å². The lowest BCUT2D eigenvalue weighted by Gasteiger charge is -2.23. The van der Waals surface area contributed by atoms with E-state index in [0.29, 0.717) is 19.0 Å². The molecule has 0 atom stereocenters. The first-order valence-corrected chi connectivity index (χ1v) is 9.68. The zero-order valence-electron chi connectivity index (χ0n) is 17.9. The highest BCUT2D eigenvalue weighted by Gasteiger charge is 2.12. The average Bonchev–Trinajstić information content (AvgIpc) is 3.11. The van der Waals surface area contributed by atoms with E-state index < -0.39 is 0 Å². The van der Waals surface area contributed by atoms with Crippen molar-refractivity contribution in [3.05, 3.63) is 42.0 Å². The molecule has 0 radical (unpaired) electrons. The number of benzene rings is 1. The molecule has 0 saturated heterocycles. The fraction of sp³-hybridized carbons (Fsp3) is 0.524. The van der Waals surface area contributed by atoms with Crippen molar-refractivity contribution in [3.63, 3.8) is 0 Å². The molecule has 0 spiro atoms. The van der Waals surface area contributed by atoms with Gasteiger partial charge in [-0.3, -0.25) is 0 Å². The van der Waals surface area contributed by atoms with Crippen molar-refractivity contribution in [2.45, 2.75) is 40.4 Å². The Morgan fingerprint density at radius 1 is 1.29 bits per heavy atom. The van der Waals surface area contributed by atoms with Gasteiger partial charge in [-0.05, 0) is 25.0 Å². The SMILES string of the molecule is CCNC(=NCc1nccn1CC(C)C)N(C)Cc1ccc(OC)cc1OC. The number of nitrogens with zero attached hydrogens (tertiary/aromatic N) is 4. The summed E-state index contributed by atoms with van der Waals surface area (Å²) in [5, 5.41) is 3.36. The fourth-order valence-electron chi connectivity index (χ4n) is 2.98. The van der Waals surface area contributed by atoms with E-state index in [4.69, 9.17) is 14.5 Å². The summed E-state index contributed by atoms with van der Waals surface area (Å²) in [5.41, 5.74) is 1.07. The number of hydrogen-bond acceptors (Lipinski definition) is 4. The van der Waals surface area contributed by atoms with Crippen LogP contribution in [0, 0.1) is 5.92 Å². The van der Waals surface area contributed by atoms with Gasteiger partial charge in [-0.2, -0.15) is 0 Å². The fourth-order valence-corrected chi connectivity index (χ4v) is 2.98. The first kappa shape index (κ1) is 21.6. The van der Waals surface area contributed by atoms with Crippen molar-refractivity contribution in [1.82, 2.24) is 19.8 Å². The molecule has 0 aliphatic heterocycles. The maximum Gasteiger partial charge on any atom is 0.194 e. The van der Waals surface area contributed by atoms with Crippen molar-refractivity contribution in [2.75, 3.05) is 27.8 Å². The Hall–Kier alpha value is -2.70. The number of aromatic nitrogens is 2. The van der Waals surface area contributed by atoms with Crippen LogP contribution in [0.2, 0.25) is 0 Å². The number of rotatable bonds is 9. The molecule has 0 fully saturated rings. The topological polar surface area (TPSA) is 63.9 Å². The second-order valence-corrected chi connectivity index (χ2v) is 7.09. The van der Waals surface area contributed by atoms with Crippen LogP contribution in [-0.2, 0) is 19.6 Å². The molecule has 7 nitrogen and oxygen atoms in total. The van der Waals surface area contributed by atoms with Gasteiger partial charge in [0.25, 0.3) is 0 Å². The summed E-state index contributed by atoms with van der Waals surface area (Å²) in [4.78, 5) is 11.3. The molecule has 1 aromatic heterocycles. The predicted octanol–water partition coefficient (Wildman–Crippen LogP) is 3.15. The van der Waals surface area contributed by atoms with Crippen molar-refractivity contribution >= 4 is 5.96 Å². The van der Waals surface area contributed by atoms with Crippen LogP contribution in [0.25, 0.3) is 0 Å². The van der Waals surface area contributed by atoms with E-state index in [1.165, 1.54) is 0 Å². The van der Waals surface area contributed by atoms with Crippen LogP contribution in [0.5, 0.6) is 11.5 Å². The van der Waals surface area contributed by atoms with Crippen LogP contribution >= 0.6 is 0 Å². The van der Waals surface area contributed by atoms with E-state index in [-0.39, 0.29) is 0 Å². The number of guanidine groups is 1. The molecule has 0 bridgehead atoms. The van der Waals surface area contributed by atoms with Crippen LogP contribution < -0.4 is 14.8 Å². The second kappa shape index (κ2) is 10.6. The summed E-state index contributed by atoms with van der Waals surface area (Å²) in [6.45, 7) is 9.41. The lowest BCUT2D eigenvalue weighted by atomic mass is 10.2. The largest absolute Gasteiger partial charge is 0.497 e. The van der Waals surface area contributed by atoms with Crippen LogP contribution in [0.3, 0.4) is 0 Å². The van der Waals surface area contributed by atoms with Gasteiger partial charge in [-0.25, -0.2) is 9.98 Å². The third-order valence-electron chi connectivity index (χ3n) is 4.33. The minimum absolute atomic E-state index is 0.534. The smallest absolute Gasteiger partial charge is 0.194 e. The molecule has 2 rings (SSSR count). The number of hydrogen-bond donors (Lipinski definition) is 1. The molecular formula is C21H33N5O2. The molecule has 2 aromatic rings. The van der Waals surface area contributed by atoms with Gasteiger partial charge < -0.3 is 24.3 Å². The Labute approximate surface area is 168 Å². The molecule has 154 valence electrons. The molecule has 28 heavy (non-hydrogen) atoms. The molecule has 0 aliphatic rings. The van der Waals surface area contributed by atoms with Crippen LogP contribution in [-0.4, -0.2) is 48.2 Å². The van der Waals surface area contributed by atoms with E-state index >= 15 is 0 Å². The number of ether oxygens (including phenoxy) is 2. The summed E-state index contributed by atoms with van der Waals surface area (Å²) < 4.78 is 13.0. The summed E-state index contributed by atoms with van der Waals surface area (Å²) in [6, 6.07) is 5.86. The molecule has 0 amide bonds. The quantitative estimate of drug-likeness (QED) is 0.529. The monoisotopic (exact) mass is 387 g/mol. The van der Waals surface area contributed by atoms with Crippen molar-refractivity contribution in [1.29, 1.82) is 0 Å². The number of imidazole rings is 1. The van der Waals surface area contributed by atoms with Gasteiger partial charge in [0, 0.05) is 50.7 Å². The first-order valence-electron chi connectivity index (χ1n) is 9.68. The molecule has 1 heterocycles. The molecule has 1 aromatic carbocycles. The first-order chi connectivity index (χ1) is 13.5. The number of nitrogens with one attached hydrogen (secondary N) is 1. The Kier molecular flexibility index (Phi) is 8.17. The Morgan fingerprint density at radius 3 is 2.71 bits per heavy atom. The molecular weight excluding hydrogens is 354 g/mol. The van der Waals surface area contributed by atoms with E-state index in [1.807, 2.05) is 37.6 Å². The lowest BCUT2D eigenvalue weighted by molar-refractivity contribution is 0.382. The minimum atomic E-state index is 0.534. The third kappa shape index (κ3) is 5.90. The van der Waals surface area contributed by atoms with E-state index in [2.05, 4.69) is 40.5 Å². The summed E-state index contributed by atoms with van der Waals surface area (Å²) in [7, 11) is 5.34. The van der Waals surface area contributed by atoms with Crippen molar-refractivity contribution in [2.24, 2.45) is 10.9 Å². The normalized spacial score (nSPS) is 11.6. The summed E-state index contributed by atoms with van der Waals surface area (Å²) in [5.74, 6) is 3.95. The van der Waals surface area contributed by atoms with Crippen LogP contribution in [0.1, 0.15) is 32.2 Å². The van der Waals surface area contributed by atoms with E-state index in [1.54, 1.807) is 14.2 Å². The Bertz CT molecular complexity index is 770. The van der Waals surface area contributed by atoms with Crippen molar-refractivity contribution in [3.8, 4) is 11.5 Å². The van der Waals surface area contributed by atoms with Gasteiger partial charge in [0.15, 0.2) is 5.96 Å². The Balaban J connectivity index is 2.14. The van der Waals surface area contributed by atoms with Crippen LogP contribution in [0.4, 0.5) is 0 Å². The summed E-state index contributed by atoms with van der Waals surface area (Å²) in [6.07, 6.45) is 3.86. The molecule has 0 unspecified atom stereocenters. The number of methoxy groups -OCH3 is 2. The minimum Gasteiger partial charge on any atom is -0.497 e. The van der Waals surface area contributed by atoms with Gasteiger partial charge in [-0.15, -0.1) is 0 Å². The second-order valence-electron chi connectivity index (χ2n) is 7.09. The number of aliphatic imine (C=N–C) groups is 1.